The standard InChI is InChI=1S/C30H64NO3.C7H6O3/c1-2-3-4-5-6-7-8-9-10-11-12-13-14-15-16-17-24-31(25-18-21-28-32,26-19-22-29-33)27-20-23-30-34;8-6-4-2-1-3-5(6)7(9)10/h32-34H,2-30H2,1H3;1-4,8H,(H,9,10)/q+1;/p-1. The first-order valence-electron chi connectivity index (χ1n) is 18.1. The average Bonchev–Trinajstić information content (AvgIpc) is 3.01. The molecule has 44 heavy (non-hydrogen) atoms. The van der Waals surface area contributed by atoms with Crippen LogP contribution in [0.15, 0.2) is 24.3 Å². The highest BCUT2D eigenvalue weighted by atomic mass is 16.4. The molecule has 0 aliphatic rings. The SMILES string of the molecule is CCCCCCCCCCCCCCCCCC[N+](CCCCO)(CCCCO)CCCCO.O=C(O)c1ccccc1[O-]. The highest BCUT2D eigenvalue weighted by molar-refractivity contribution is 5.90. The smallest absolute Gasteiger partial charge is 0.335 e. The number of aromatic carboxylic acids is 1. The Labute approximate surface area is 270 Å². The zero-order valence-electron chi connectivity index (χ0n) is 28.4. The second-order valence-corrected chi connectivity index (χ2v) is 12.6. The summed E-state index contributed by atoms with van der Waals surface area (Å²) in [6.07, 6.45) is 28.4. The Bertz CT molecular complexity index is 733. The fourth-order valence-corrected chi connectivity index (χ4v) is 5.99. The summed E-state index contributed by atoms with van der Waals surface area (Å²) in [7, 11) is 0. The normalized spacial score (nSPS) is 11.4. The van der Waals surface area contributed by atoms with Gasteiger partial charge in [-0.05, 0) is 57.4 Å². The van der Waals surface area contributed by atoms with Gasteiger partial charge >= 0.3 is 5.97 Å². The topological polar surface area (TPSA) is 121 Å². The Morgan fingerprint density at radius 3 is 1.16 bits per heavy atom. The minimum atomic E-state index is -1.18. The minimum Gasteiger partial charge on any atom is -0.872 e. The van der Waals surface area contributed by atoms with Crippen LogP contribution in [0, 0.1) is 0 Å². The molecule has 7 heteroatoms. The number of hydrogen-bond acceptors (Lipinski definition) is 5. The Hall–Kier alpha value is -1.67. The number of aliphatic hydroxyl groups excluding tert-OH is 3. The first-order valence-corrected chi connectivity index (χ1v) is 18.1. The molecule has 0 aromatic heterocycles. The molecule has 1 aromatic rings. The van der Waals surface area contributed by atoms with Crippen molar-refractivity contribution < 1.29 is 34.8 Å². The second kappa shape index (κ2) is 31.3. The number of carboxylic acids is 1. The summed E-state index contributed by atoms with van der Waals surface area (Å²) in [6.45, 7) is 7.77. The van der Waals surface area contributed by atoms with Gasteiger partial charge in [-0.25, -0.2) is 4.79 Å². The lowest BCUT2D eigenvalue weighted by Crippen LogP contribution is -2.51. The molecular formula is C37H69NO6. The van der Waals surface area contributed by atoms with E-state index in [-0.39, 0.29) is 25.4 Å². The lowest BCUT2D eigenvalue weighted by molar-refractivity contribution is -0.929. The van der Waals surface area contributed by atoms with E-state index in [0.29, 0.717) is 0 Å². The number of benzene rings is 1. The molecule has 0 saturated heterocycles. The molecule has 4 N–H and O–H groups in total. The van der Waals surface area contributed by atoms with Crippen LogP contribution in [0.1, 0.15) is 159 Å². The Morgan fingerprint density at radius 1 is 0.545 bits per heavy atom. The van der Waals surface area contributed by atoms with Gasteiger partial charge in [0.15, 0.2) is 0 Å². The number of hydrogen-bond donors (Lipinski definition) is 4. The highest BCUT2D eigenvalue weighted by Gasteiger charge is 2.25. The van der Waals surface area contributed by atoms with Gasteiger partial charge in [-0.15, -0.1) is 0 Å². The number of carbonyl (C=O) groups is 1. The first kappa shape index (κ1) is 42.3. The highest BCUT2D eigenvalue weighted by Crippen LogP contribution is 2.19. The molecule has 0 aliphatic heterocycles. The van der Waals surface area contributed by atoms with Crippen LogP contribution in [0.5, 0.6) is 5.75 Å². The molecule has 0 unspecified atom stereocenters. The maximum Gasteiger partial charge on any atom is 0.335 e. The van der Waals surface area contributed by atoms with Crippen molar-refractivity contribution >= 4 is 5.97 Å². The second-order valence-electron chi connectivity index (χ2n) is 12.6. The van der Waals surface area contributed by atoms with Crippen molar-refractivity contribution in [2.75, 3.05) is 46.0 Å². The third kappa shape index (κ3) is 24.6. The molecule has 0 fully saturated rings. The molecule has 0 bridgehead atoms. The summed E-state index contributed by atoms with van der Waals surface area (Å²) < 4.78 is 1.12. The molecule has 0 atom stereocenters. The van der Waals surface area contributed by atoms with Gasteiger partial charge in [0, 0.05) is 19.8 Å². The predicted octanol–water partition coefficient (Wildman–Crippen LogP) is 7.84. The maximum atomic E-state index is 10.7. The Morgan fingerprint density at radius 2 is 0.864 bits per heavy atom. The van der Waals surface area contributed by atoms with Crippen molar-refractivity contribution in [3.05, 3.63) is 29.8 Å². The summed E-state index contributed by atoms with van der Waals surface area (Å²) in [5, 5.41) is 46.8. The quantitative estimate of drug-likeness (QED) is 0.0512. The molecule has 1 aromatic carbocycles. The number of unbranched alkanes of at least 4 members (excludes halogenated alkanes) is 18. The third-order valence-electron chi connectivity index (χ3n) is 8.73. The van der Waals surface area contributed by atoms with Crippen LogP contribution >= 0.6 is 0 Å². The molecule has 0 saturated carbocycles. The summed E-state index contributed by atoms with van der Waals surface area (Å²) >= 11 is 0. The minimum absolute atomic E-state index is 0.178. The van der Waals surface area contributed by atoms with Crippen LogP contribution in [0.3, 0.4) is 0 Å². The zero-order valence-corrected chi connectivity index (χ0v) is 28.4. The molecule has 258 valence electrons. The van der Waals surface area contributed by atoms with E-state index < -0.39 is 11.7 Å². The molecule has 0 heterocycles. The molecule has 0 radical (unpaired) electrons. The van der Waals surface area contributed by atoms with E-state index in [1.54, 1.807) is 0 Å². The van der Waals surface area contributed by atoms with Crippen LogP contribution in [0.25, 0.3) is 0 Å². The van der Waals surface area contributed by atoms with Gasteiger partial charge in [0.05, 0.1) is 31.7 Å². The van der Waals surface area contributed by atoms with E-state index in [4.69, 9.17) is 5.11 Å². The average molecular weight is 624 g/mol. The number of para-hydroxylation sites is 1. The van der Waals surface area contributed by atoms with Gasteiger partial charge in [-0.1, -0.05) is 121 Å². The molecular weight excluding hydrogens is 554 g/mol. The number of quaternary nitrogens is 1. The molecule has 0 amide bonds. The van der Waals surface area contributed by atoms with E-state index in [2.05, 4.69) is 6.92 Å². The Kier molecular flexibility index (Phi) is 30.1. The van der Waals surface area contributed by atoms with Crippen LogP contribution in [-0.4, -0.2) is 76.9 Å². The van der Waals surface area contributed by atoms with Gasteiger partial charge in [0.2, 0.25) is 0 Å². The van der Waals surface area contributed by atoms with Gasteiger partial charge in [-0.2, -0.15) is 0 Å². The van der Waals surface area contributed by atoms with Crippen molar-refractivity contribution in [1.29, 1.82) is 0 Å². The summed E-state index contributed by atoms with van der Waals surface area (Å²) in [4.78, 5) is 10.2. The summed E-state index contributed by atoms with van der Waals surface area (Å²) in [5.41, 5.74) is -0.178. The predicted molar refractivity (Wildman–Crippen MR) is 181 cm³/mol. The Balaban J connectivity index is 0.00000155. The van der Waals surface area contributed by atoms with Crippen molar-refractivity contribution in [2.45, 2.75) is 148 Å². The number of carboxylic acid groups (broad SMARTS) is 1. The summed E-state index contributed by atoms with van der Waals surface area (Å²) in [5.74, 6) is -1.62. The maximum absolute atomic E-state index is 10.7. The molecule has 7 nitrogen and oxygen atoms in total. The van der Waals surface area contributed by atoms with Crippen LogP contribution < -0.4 is 5.11 Å². The summed E-state index contributed by atoms with van der Waals surface area (Å²) in [6, 6.07) is 5.54. The third-order valence-corrected chi connectivity index (χ3v) is 8.73. The van der Waals surface area contributed by atoms with E-state index in [9.17, 15) is 25.2 Å². The first-order chi connectivity index (χ1) is 21.5. The zero-order chi connectivity index (χ0) is 32.6. The molecule has 0 spiro atoms. The van der Waals surface area contributed by atoms with E-state index in [1.807, 2.05) is 0 Å². The molecule has 1 rings (SSSR count). The van der Waals surface area contributed by atoms with E-state index in [1.165, 1.54) is 134 Å². The van der Waals surface area contributed by atoms with Crippen LogP contribution in [-0.2, 0) is 0 Å². The molecule has 0 aliphatic carbocycles. The van der Waals surface area contributed by atoms with Crippen molar-refractivity contribution in [3.63, 3.8) is 0 Å². The lowest BCUT2D eigenvalue weighted by atomic mass is 10.0. The lowest BCUT2D eigenvalue weighted by Gasteiger charge is -2.39. The number of aliphatic hydroxyl groups is 3. The van der Waals surface area contributed by atoms with Crippen molar-refractivity contribution in [1.82, 2.24) is 0 Å². The monoisotopic (exact) mass is 624 g/mol. The number of nitrogens with zero attached hydrogens (tertiary/aromatic N) is 1. The van der Waals surface area contributed by atoms with Gasteiger partial charge < -0.3 is 30.0 Å². The van der Waals surface area contributed by atoms with Gasteiger partial charge in [0.25, 0.3) is 0 Å². The van der Waals surface area contributed by atoms with Crippen molar-refractivity contribution in [2.24, 2.45) is 0 Å². The van der Waals surface area contributed by atoms with E-state index in [0.717, 1.165) is 62.6 Å². The fourth-order valence-electron chi connectivity index (χ4n) is 5.99. The van der Waals surface area contributed by atoms with Gasteiger partial charge in [-0.3, -0.25) is 0 Å². The van der Waals surface area contributed by atoms with Crippen LogP contribution in [0.2, 0.25) is 0 Å². The fraction of sp³-hybridized carbons (Fsp3) is 0.811. The van der Waals surface area contributed by atoms with E-state index >= 15 is 0 Å². The van der Waals surface area contributed by atoms with Crippen molar-refractivity contribution in [3.8, 4) is 5.75 Å². The number of rotatable bonds is 30. The van der Waals surface area contributed by atoms with Crippen LogP contribution in [0.4, 0.5) is 0 Å². The largest absolute Gasteiger partial charge is 0.872 e. The van der Waals surface area contributed by atoms with Gasteiger partial charge in [0.1, 0.15) is 0 Å².